The molecule has 1 saturated heterocycles. The van der Waals surface area contributed by atoms with Gasteiger partial charge < -0.3 is 51.2 Å². The highest BCUT2D eigenvalue weighted by molar-refractivity contribution is 6.00. The Kier molecular flexibility index (Phi) is 17.8. The predicted molar refractivity (Wildman–Crippen MR) is 213 cm³/mol. The minimum Gasteiger partial charge on any atom is -0.459 e. The average molecular weight is 825 g/mol. The summed E-state index contributed by atoms with van der Waals surface area (Å²) < 4.78 is 51.1. The van der Waals surface area contributed by atoms with Gasteiger partial charge in [0.1, 0.15) is 11.7 Å². The first-order chi connectivity index (χ1) is 27.1. The number of anilines is 2. The van der Waals surface area contributed by atoms with Gasteiger partial charge in [0, 0.05) is 30.7 Å². The molecule has 13 nitrogen and oxygen atoms in total. The third-order valence-electron chi connectivity index (χ3n) is 11.0. The molecular formula is C42H63F3N4O9. The number of alkyl halides is 3. The maximum Gasteiger partial charge on any atom is 0.416 e. The molecule has 0 saturated carbocycles. The Bertz CT molecular complexity index is 1640. The van der Waals surface area contributed by atoms with Crippen molar-refractivity contribution in [3.8, 4) is 0 Å². The molecule has 2 aromatic rings. The largest absolute Gasteiger partial charge is 0.459 e. The number of benzene rings is 2. The molecule has 2 amide bonds. The Morgan fingerprint density at radius 3 is 2.22 bits per heavy atom. The fourth-order valence-electron chi connectivity index (χ4n) is 7.48. The van der Waals surface area contributed by atoms with E-state index in [1.54, 1.807) is 45.0 Å². The van der Waals surface area contributed by atoms with Crippen LogP contribution in [0, 0.1) is 17.8 Å². The van der Waals surface area contributed by atoms with Crippen molar-refractivity contribution in [2.45, 2.75) is 135 Å². The number of rotatable bonds is 12. The van der Waals surface area contributed by atoms with Gasteiger partial charge in [-0.3, -0.25) is 9.59 Å². The molecule has 1 aliphatic rings. The summed E-state index contributed by atoms with van der Waals surface area (Å²) in [5.74, 6) is -3.39. The van der Waals surface area contributed by atoms with Crippen LogP contribution in [0.1, 0.15) is 103 Å². The van der Waals surface area contributed by atoms with Crippen LogP contribution in [-0.2, 0) is 20.4 Å². The van der Waals surface area contributed by atoms with Crippen LogP contribution >= 0.6 is 0 Å². The number of aliphatic hydroxyl groups is 4. The quantitative estimate of drug-likeness (QED) is 0.0970. The van der Waals surface area contributed by atoms with Crippen molar-refractivity contribution >= 4 is 29.3 Å². The van der Waals surface area contributed by atoms with Gasteiger partial charge in [-0.05, 0) is 96.2 Å². The van der Waals surface area contributed by atoms with Crippen molar-refractivity contribution < 1.29 is 57.5 Å². The van der Waals surface area contributed by atoms with Crippen molar-refractivity contribution in [3.05, 3.63) is 59.7 Å². The molecule has 0 radical (unpaired) electrons. The van der Waals surface area contributed by atoms with Crippen LogP contribution in [0.5, 0.6) is 0 Å². The first-order valence-corrected chi connectivity index (χ1v) is 20.1. The summed E-state index contributed by atoms with van der Waals surface area (Å²) in [7, 11) is 0. The minimum absolute atomic E-state index is 0.147. The number of carbonyl (C=O) groups is 3. The third kappa shape index (κ3) is 13.5. The van der Waals surface area contributed by atoms with E-state index in [-0.39, 0.29) is 42.5 Å². The molecule has 1 aliphatic heterocycles. The molecule has 0 bridgehead atoms. The zero-order valence-corrected chi connectivity index (χ0v) is 34.6. The molecule has 58 heavy (non-hydrogen) atoms. The van der Waals surface area contributed by atoms with Gasteiger partial charge in [0.2, 0.25) is 0 Å². The fourth-order valence-corrected chi connectivity index (χ4v) is 7.48. The summed E-state index contributed by atoms with van der Waals surface area (Å²) in [5.41, 5.74) is -3.44. The van der Waals surface area contributed by atoms with Crippen LogP contribution in [0.4, 0.5) is 29.3 Å². The molecule has 0 spiro atoms. The molecule has 10 atom stereocenters. The maximum absolute atomic E-state index is 13.2. The maximum atomic E-state index is 13.2. The lowest BCUT2D eigenvalue weighted by atomic mass is 9.78. The van der Waals surface area contributed by atoms with Crippen molar-refractivity contribution in [1.82, 2.24) is 16.0 Å². The Hall–Kier alpha value is -3.96. The summed E-state index contributed by atoms with van der Waals surface area (Å²) >= 11 is 0. The Morgan fingerprint density at radius 1 is 0.948 bits per heavy atom. The molecule has 3 rings (SSSR count). The van der Waals surface area contributed by atoms with E-state index in [2.05, 4.69) is 21.3 Å². The normalized spacial score (nSPS) is 30.3. The number of alkyl carbamates (subject to hydrolysis) is 1. The van der Waals surface area contributed by atoms with E-state index >= 15 is 0 Å². The Morgan fingerprint density at radius 2 is 1.59 bits per heavy atom. The lowest BCUT2D eigenvalue weighted by Gasteiger charge is -2.41. The van der Waals surface area contributed by atoms with Gasteiger partial charge in [0.25, 0.3) is 5.91 Å². The van der Waals surface area contributed by atoms with E-state index in [1.165, 1.54) is 32.9 Å². The van der Waals surface area contributed by atoms with Gasteiger partial charge in [-0.2, -0.15) is 13.2 Å². The Labute approximate surface area is 339 Å². The fraction of sp³-hybridized carbons (Fsp3) is 0.643. The molecule has 2 aromatic carbocycles. The van der Waals surface area contributed by atoms with Gasteiger partial charge in [0.15, 0.2) is 6.10 Å². The van der Waals surface area contributed by atoms with E-state index in [0.29, 0.717) is 38.0 Å². The molecule has 16 heteroatoms. The number of cyclic esters (lactones) is 1. The number of hydrogen-bond donors (Lipinski definition) is 8. The predicted octanol–water partition coefficient (Wildman–Crippen LogP) is 5.67. The molecule has 2 unspecified atom stereocenters. The number of unbranched alkanes of at least 4 members (excludes halogenated alkanes) is 3. The molecule has 326 valence electrons. The topological polar surface area (TPSA) is 199 Å². The lowest BCUT2D eigenvalue weighted by Crippen LogP contribution is -2.61. The van der Waals surface area contributed by atoms with Crippen LogP contribution in [0.15, 0.2) is 48.5 Å². The van der Waals surface area contributed by atoms with Crippen LogP contribution in [0.25, 0.3) is 0 Å². The van der Waals surface area contributed by atoms with Crippen molar-refractivity contribution in [3.63, 3.8) is 0 Å². The monoisotopic (exact) mass is 824 g/mol. The molecule has 0 aliphatic carbocycles. The standard InChI is InChI=1S/C42H63F3N4O9/c1-8-33-41(7,56)36(28(5)48-24-25(2)23-40(6,55)35(51)26(3)34(50)27(4)38(53)57-33)58-39(54)47-21-14-10-9-13-20-46-37(52)31-18-11-12-19-32(31)49-30-17-15-16-29(22-30)42(43,44)45/h11-12,15-19,22,25-28,33-36,48-51,55-56H,8-10,13-14,20-21,23-24H2,1-7H3,(H,46,52)(H,47,54)/t25-,26+,27-,28-,33-,34?,35-,36?,40-,41-/m1/s1. The smallest absolute Gasteiger partial charge is 0.416 e. The molecule has 0 aromatic heterocycles. The van der Waals surface area contributed by atoms with Crippen molar-refractivity contribution in [1.29, 1.82) is 0 Å². The number of amides is 2. The summed E-state index contributed by atoms with van der Waals surface area (Å²) in [5, 5.41) is 56.7. The summed E-state index contributed by atoms with van der Waals surface area (Å²) in [4.78, 5) is 39.3. The zero-order chi connectivity index (χ0) is 43.4. The SMILES string of the molecule is CC[C@H]1OC(=O)[C@H](C)C(O)[C@H](C)[C@@H](O)[C@](C)(O)C[C@@H](C)CN[C@H](C)C(OC(=O)NCCCCCCNC(=O)c2ccccc2Nc2cccc(C(F)(F)F)c2)[C@]1(C)O. The van der Waals surface area contributed by atoms with E-state index in [9.17, 15) is 48.0 Å². The van der Waals surface area contributed by atoms with Crippen LogP contribution in [0.3, 0.4) is 0 Å². The highest BCUT2D eigenvalue weighted by Gasteiger charge is 2.48. The number of para-hydroxylation sites is 1. The van der Waals surface area contributed by atoms with Crippen LogP contribution in [0.2, 0.25) is 0 Å². The lowest BCUT2D eigenvalue weighted by molar-refractivity contribution is -0.190. The number of aliphatic hydroxyl groups excluding tert-OH is 2. The van der Waals surface area contributed by atoms with Gasteiger partial charge >= 0.3 is 18.2 Å². The minimum atomic E-state index is -4.50. The van der Waals surface area contributed by atoms with Gasteiger partial charge in [-0.25, -0.2) is 4.79 Å². The first-order valence-electron chi connectivity index (χ1n) is 20.1. The second-order valence-electron chi connectivity index (χ2n) is 16.2. The van der Waals surface area contributed by atoms with E-state index in [0.717, 1.165) is 18.6 Å². The number of ether oxygens (including phenoxy) is 2. The van der Waals surface area contributed by atoms with Gasteiger partial charge in [0.05, 0.1) is 40.5 Å². The van der Waals surface area contributed by atoms with Gasteiger partial charge in [-0.1, -0.05) is 51.8 Å². The Balaban J connectivity index is 1.54. The molecule has 1 heterocycles. The summed E-state index contributed by atoms with van der Waals surface area (Å²) in [6.07, 6.45) is -7.41. The molecule has 8 N–H and O–H groups in total. The number of nitrogens with one attached hydrogen (secondary N) is 4. The van der Waals surface area contributed by atoms with E-state index < -0.39 is 77.3 Å². The summed E-state index contributed by atoms with van der Waals surface area (Å²) in [6.45, 7) is 12.1. The van der Waals surface area contributed by atoms with Crippen LogP contribution < -0.4 is 21.3 Å². The highest BCUT2D eigenvalue weighted by atomic mass is 19.4. The summed E-state index contributed by atoms with van der Waals surface area (Å²) in [6, 6.07) is 10.6. The van der Waals surface area contributed by atoms with E-state index in [4.69, 9.17) is 9.47 Å². The average Bonchev–Trinajstić information content (AvgIpc) is 3.17. The second-order valence-corrected chi connectivity index (χ2v) is 16.2. The number of hydrogen-bond acceptors (Lipinski definition) is 11. The van der Waals surface area contributed by atoms with Gasteiger partial charge in [-0.15, -0.1) is 0 Å². The molecular weight excluding hydrogens is 761 g/mol. The highest BCUT2D eigenvalue weighted by Crippen LogP contribution is 2.33. The van der Waals surface area contributed by atoms with E-state index in [1.807, 2.05) is 6.92 Å². The number of esters is 1. The zero-order valence-electron chi connectivity index (χ0n) is 34.6. The van der Waals surface area contributed by atoms with Crippen molar-refractivity contribution in [2.24, 2.45) is 17.8 Å². The second kappa shape index (κ2) is 21.3. The number of halogens is 3. The molecule has 1 fully saturated rings. The third-order valence-corrected chi connectivity index (χ3v) is 11.0. The van der Waals surface area contributed by atoms with Crippen LogP contribution in [-0.4, -0.2) is 99.7 Å². The first kappa shape index (κ1) is 48.4. The number of carbonyl (C=O) groups excluding carboxylic acids is 3. The van der Waals surface area contributed by atoms with Crippen molar-refractivity contribution in [2.75, 3.05) is 25.0 Å².